The monoisotopic (exact) mass is 190 g/mol. The Bertz CT molecular complexity index is 441. The standard InChI is InChI=1S/C8H10N6/c1-14-8(10)12-7(13-14)5-2-3-11-6(9)4-5/h2-4H,1H3,(H2,9,11)(H2,10,12,13). The van der Waals surface area contributed by atoms with E-state index in [-0.39, 0.29) is 0 Å². The quantitative estimate of drug-likeness (QED) is 0.662. The van der Waals surface area contributed by atoms with Crippen LogP contribution in [0.4, 0.5) is 11.8 Å². The summed E-state index contributed by atoms with van der Waals surface area (Å²) >= 11 is 0. The third-order valence-corrected chi connectivity index (χ3v) is 1.84. The zero-order valence-electron chi connectivity index (χ0n) is 7.68. The average Bonchev–Trinajstić information content (AvgIpc) is 2.47. The summed E-state index contributed by atoms with van der Waals surface area (Å²) in [5.41, 5.74) is 11.9. The molecule has 2 rings (SSSR count). The van der Waals surface area contributed by atoms with Crippen molar-refractivity contribution in [2.45, 2.75) is 0 Å². The van der Waals surface area contributed by atoms with Crippen molar-refractivity contribution in [1.29, 1.82) is 0 Å². The van der Waals surface area contributed by atoms with Crippen LogP contribution in [0.3, 0.4) is 0 Å². The molecular weight excluding hydrogens is 180 g/mol. The molecule has 0 spiro atoms. The summed E-state index contributed by atoms with van der Waals surface area (Å²) in [6.07, 6.45) is 1.61. The van der Waals surface area contributed by atoms with Gasteiger partial charge in [-0.2, -0.15) is 4.98 Å². The van der Waals surface area contributed by atoms with E-state index < -0.39 is 0 Å². The van der Waals surface area contributed by atoms with E-state index in [0.29, 0.717) is 17.6 Å². The van der Waals surface area contributed by atoms with Crippen LogP contribution in [0.25, 0.3) is 11.4 Å². The van der Waals surface area contributed by atoms with E-state index in [1.165, 1.54) is 4.68 Å². The Labute approximate surface area is 80.6 Å². The number of aromatic nitrogens is 4. The van der Waals surface area contributed by atoms with Crippen LogP contribution in [0.15, 0.2) is 18.3 Å². The summed E-state index contributed by atoms with van der Waals surface area (Å²) in [5.74, 6) is 1.36. The molecule has 0 aliphatic rings. The van der Waals surface area contributed by atoms with E-state index in [9.17, 15) is 0 Å². The first kappa shape index (κ1) is 8.49. The van der Waals surface area contributed by atoms with Crippen molar-refractivity contribution < 1.29 is 0 Å². The average molecular weight is 190 g/mol. The van der Waals surface area contributed by atoms with Gasteiger partial charge in [-0.15, -0.1) is 5.10 Å². The molecule has 6 heteroatoms. The molecule has 0 saturated carbocycles. The maximum Gasteiger partial charge on any atom is 0.218 e. The highest BCUT2D eigenvalue weighted by Crippen LogP contribution is 2.16. The number of aryl methyl sites for hydroxylation is 1. The Kier molecular flexibility index (Phi) is 1.81. The third kappa shape index (κ3) is 1.37. The second-order valence-corrected chi connectivity index (χ2v) is 2.89. The molecular formula is C8H10N6. The van der Waals surface area contributed by atoms with Crippen molar-refractivity contribution in [2.75, 3.05) is 11.5 Å². The van der Waals surface area contributed by atoms with Gasteiger partial charge >= 0.3 is 0 Å². The molecule has 0 aliphatic heterocycles. The Balaban J connectivity index is 2.49. The van der Waals surface area contributed by atoms with Crippen molar-refractivity contribution in [2.24, 2.45) is 7.05 Å². The van der Waals surface area contributed by atoms with Crippen LogP contribution in [-0.4, -0.2) is 19.7 Å². The number of hydrogen-bond donors (Lipinski definition) is 2. The van der Waals surface area contributed by atoms with Gasteiger partial charge in [0.25, 0.3) is 0 Å². The molecule has 0 atom stereocenters. The molecule has 0 aliphatic carbocycles. The summed E-state index contributed by atoms with van der Waals surface area (Å²) in [4.78, 5) is 7.95. The molecule has 14 heavy (non-hydrogen) atoms. The fraction of sp³-hybridized carbons (Fsp3) is 0.125. The van der Waals surface area contributed by atoms with Crippen molar-refractivity contribution >= 4 is 11.8 Å². The van der Waals surface area contributed by atoms with Crippen molar-refractivity contribution in [1.82, 2.24) is 19.7 Å². The predicted molar refractivity (Wildman–Crippen MR) is 53.1 cm³/mol. The first-order valence-corrected chi connectivity index (χ1v) is 4.05. The Morgan fingerprint density at radius 1 is 1.36 bits per heavy atom. The van der Waals surface area contributed by atoms with Crippen LogP contribution in [0.1, 0.15) is 0 Å². The van der Waals surface area contributed by atoms with E-state index in [0.717, 1.165) is 5.56 Å². The van der Waals surface area contributed by atoms with Gasteiger partial charge in [0.2, 0.25) is 5.95 Å². The molecule has 0 unspecified atom stereocenters. The minimum absolute atomic E-state index is 0.371. The molecule has 72 valence electrons. The fourth-order valence-electron chi connectivity index (χ4n) is 1.11. The highest BCUT2D eigenvalue weighted by atomic mass is 15.4. The number of nitrogens with two attached hydrogens (primary N) is 2. The summed E-state index contributed by atoms with van der Waals surface area (Å²) in [7, 11) is 1.73. The number of anilines is 2. The van der Waals surface area contributed by atoms with Gasteiger partial charge in [-0.25, -0.2) is 9.67 Å². The van der Waals surface area contributed by atoms with Crippen molar-refractivity contribution in [3.05, 3.63) is 18.3 Å². The number of hydrogen-bond acceptors (Lipinski definition) is 5. The van der Waals surface area contributed by atoms with Crippen LogP contribution in [0, 0.1) is 0 Å². The van der Waals surface area contributed by atoms with Gasteiger partial charge < -0.3 is 11.5 Å². The second kappa shape index (κ2) is 2.99. The SMILES string of the molecule is Cn1nc(-c2ccnc(N)c2)nc1N. The maximum atomic E-state index is 5.56. The van der Waals surface area contributed by atoms with E-state index in [1.807, 2.05) is 0 Å². The second-order valence-electron chi connectivity index (χ2n) is 2.89. The van der Waals surface area contributed by atoms with E-state index in [2.05, 4.69) is 15.1 Å². The molecule has 2 aromatic rings. The highest BCUT2D eigenvalue weighted by molar-refractivity contribution is 5.59. The van der Waals surface area contributed by atoms with Crippen LogP contribution in [0.5, 0.6) is 0 Å². The number of nitrogens with zero attached hydrogens (tertiary/aromatic N) is 4. The van der Waals surface area contributed by atoms with Gasteiger partial charge in [0.15, 0.2) is 5.82 Å². The van der Waals surface area contributed by atoms with Gasteiger partial charge in [-0.05, 0) is 12.1 Å². The molecule has 0 bridgehead atoms. The highest BCUT2D eigenvalue weighted by Gasteiger charge is 2.06. The molecule has 0 amide bonds. The lowest BCUT2D eigenvalue weighted by atomic mass is 10.2. The Hall–Kier alpha value is -2.11. The van der Waals surface area contributed by atoms with E-state index in [4.69, 9.17) is 11.5 Å². The van der Waals surface area contributed by atoms with Gasteiger partial charge in [0.05, 0.1) is 0 Å². The molecule has 4 N–H and O–H groups in total. The first-order valence-electron chi connectivity index (χ1n) is 4.05. The summed E-state index contributed by atoms with van der Waals surface area (Å²) in [6.45, 7) is 0. The Morgan fingerprint density at radius 3 is 2.71 bits per heavy atom. The maximum absolute atomic E-state index is 5.56. The smallest absolute Gasteiger partial charge is 0.218 e. The Morgan fingerprint density at radius 2 is 2.14 bits per heavy atom. The van der Waals surface area contributed by atoms with Gasteiger partial charge in [0, 0.05) is 18.8 Å². The first-order chi connectivity index (χ1) is 6.66. The van der Waals surface area contributed by atoms with Crippen LogP contribution in [0.2, 0.25) is 0 Å². The minimum atomic E-state index is 0.371. The summed E-state index contributed by atoms with van der Waals surface area (Å²) < 4.78 is 1.51. The van der Waals surface area contributed by atoms with Crippen molar-refractivity contribution in [3.63, 3.8) is 0 Å². The van der Waals surface area contributed by atoms with E-state index in [1.54, 1.807) is 25.4 Å². The summed E-state index contributed by atoms with van der Waals surface area (Å²) in [6, 6.07) is 3.49. The topological polar surface area (TPSA) is 95.6 Å². The molecule has 0 aromatic carbocycles. The largest absolute Gasteiger partial charge is 0.384 e. The normalized spacial score (nSPS) is 10.4. The van der Waals surface area contributed by atoms with E-state index >= 15 is 0 Å². The molecule has 0 saturated heterocycles. The third-order valence-electron chi connectivity index (χ3n) is 1.84. The van der Waals surface area contributed by atoms with Crippen molar-refractivity contribution in [3.8, 4) is 11.4 Å². The molecule has 0 fully saturated rings. The van der Waals surface area contributed by atoms with Gasteiger partial charge in [-0.1, -0.05) is 0 Å². The lowest BCUT2D eigenvalue weighted by Gasteiger charge is -1.95. The fourth-order valence-corrected chi connectivity index (χ4v) is 1.11. The molecule has 6 nitrogen and oxygen atoms in total. The van der Waals surface area contributed by atoms with Gasteiger partial charge in [-0.3, -0.25) is 0 Å². The van der Waals surface area contributed by atoms with Gasteiger partial charge in [0.1, 0.15) is 5.82 Å². The zero-order valence-corrected chi connectivity index (χ0v) is 7.68. The minimum Gasteiger partial charge on any atom is -0.384 e. The summed E-state index contributed by atoms with van der Waals surface area (Å²) in [5, 5.41) is 4.12. The number of pyridine rings is 1. The van der Waals surface area contributed by atoms with Crippen LogP contribution >= 0.6 is 0 Å². The number of nitrogen functional groups attached to an aromatic ring is 2. The van der Waals surface area contributed by atoms with Crippen LogP contribution in [-0.2, 0) is 7.05 Å². The lowest BCUT2D eigenvalue weighted by molar-refractivity contribution is 0.781. The molecule has 0 radical (unpaired) electrons. The predicted octanol–water partition coefficient (Wildman–Crippen LogP) is 0.0415. The molecule has 2 heterocycles. The molecule has 2 aromatic heterocycles. The van der Waals surface area contributed by atoms with Crippen LogP contribution < -0.4 is 11.5 Å². The lowest BCUT2D eigenvalue weighted by Crippen LogP contribution is -1.97. The number of rotatable bonds is 1. The zero-order chi connectivity index (χ0) is 10.1.